The number of hydrogen-bond acceptors (Lipinski definition) is 7. The number of amides is 4. The van der Waals surface area contributed by atoms with Crippen molar-refractivity contribution in [1.82, 2.24) is 16.0 Å². The van der Waals surface area contributed by atoms with Gasteiger partial charge in [0.25, 0.3) is 0 Å². The predicted octanol–water partition coefficient (Wildman–Crippen LogP) is -2.08. The van der Waals surface area contributed by atoms with Gasteiger partial charge in [-0.15, -0.1) is 0 Å². The highest BCUT2D eigenvalue weighted by Gasteiger charge is 2.25. The average molecular weight is 454 g/mol. The number of carboxylic acids is 1. The van der Waals surface area contributed by atoms with Crippen molar-refractivity contribution >= 4 is 42.2 Å². The molecule has 0 spiro atoms. The van der Waals surface area contributed by atoms with E-state index in [-0.39, 0.29) is 25.0 Å². The average Bonchev–Trinajstić information content (AvgIpc) is 2.74. The van der Waals surface area contributed by atoms with Crippen molar-refractivity contribution in [2.75, 3.05) is 12.3 Å². The number of carboxylic acid groups (broad SMARTS) is 1. The fraction of sp³-hybridized carbons (Fsp3) is 0.421. The summed E-state index contributed by atoms with van der Waals surface area (Å²) in [5.41, 5.74) is 11.4. The third-order valence-electron chi connectivity index (χ3n) is 4.18. The van der Waals surface area contributed by atoms with Crippen LogP contribution in [0.2, 0.25) is 0 Å². The Balaban J connectivity index is 2.66. The number of nitrogens with one attached hydrogen (secondary N) is 3. The van der Waals surface area contributed by atoms with Gasteiger partial charge in [-0.05, 0) is 12.0 Å². The molecule has 31 heavy (non-hydrogen) atoms. The van der Waals surface area contributed by atoms with Crippen LogP contribution in [0.5, 0.6) is 0 Å². The summed E-state index contributed by atoms with van der Waals surface area (Å²) in [6.45, 7) is -0.529. The molecular formula is C19H27N5O6S. The normalized spacial score (nSPS) is 13.4. The predicted molar refractivity (Wildman–Crippen MR) is 115 cm³/mol. The molecular weight excluding hydrogens is 426 g/mol. The molecule has 1 aromatic rings. The van der Waals surface area contributed by atoms with Gasteiger partial charge in [-0.2, -0.15) is 12.6 Å². The van der Waals surface area contributed by atoms with Crippen LogP contribution in [0.1, 0.15) is 18.4 Å². The number of rotatable bonds is 13. The molecule has 0 saturated heterocycles. The summed E-state index contributed by atoms with van der Waals surface area (Å²) < 4.78 is 0. The Bertz CT molecular complexity index is 791. The summed E-state index contributed by atoms with van der Waals surface area (Å²) in [6.07, 6.45) is -0.215. The van der Waals surface area contributed by atoms with Gasteiger partial charge in [-0.1, -0.05) is 30.3 Å². The molecule has 0 aliphatic carbocycles. The fourth-order valence-corrected chi connectivity index (χ4v) is 2.67. The number of thiol groups is 1. The van der Waals surface area contributed by atoms with Gasteiger partial charge in [0.15, 0.2) is 0 Å². The van der Waals surface area contributed by atoms with Crippen LogP contribution in [0, 0.1) is 0 Å². The third-order valence-corrected chi connectivity index (χ3v) is 4.58. The van der Waals surface area contributed by atoms with Gasteiger partial charge in [-0.25, -0.2) is 4.79 Å². The lowest BCUT2D eigenvalue weighted by Gasteiger charge is -2.20. The maximum Gasteiger partial charge on any atom is 0.326 e. The lowest BCUT2D eigenvalue weighted by atomic mass is 10.1. The molecule has 8 N–H and O–H groups in total. The molecule has 4 amide bonds. The van der Waals surface area contributed by atoms with Crippen LogP contribution < -0.4 is 27.4 Å². The summed E-state index contributed by atoms with van der Waals surface area (Å²) in [4.78, 5) is 58.9. The maximum absolute atomic E-state index is 12.4. The van der Waals surface area contributed by atoms with Crippen molar-refractivity contribution in [3.8, 4) is 0 Å². The highest BCUT2D eigenvalue weighted by atomic mass is 32.1. The molecule has 0 fully saturated rings. The first kappa shape index (κ1) is 25.9. The summed E-state index contributed by atoms with van der Waals surface area (Å²) >= 11 is 3.90. The van der Waals surface area contributed by atoms with Crippen LogP contribution in [0.4, 0.5) is 0 Å². The van der Waals surface area contributed by atoms with Crippen molar-refractivity contribution in [1.29, 1.82) is 0 Å². The fourth-order valence-electron chi connectivity index (χ4n) is 2.50. The SMILES string of the molecule is NC(=O)CCC(NC(=O)C(N)CS)C(=O)NCC(=O)NC(Cc1ccccc1)C(=O)O. The maximum atomic E-state index is 12.4. The molecule has 0 aliphatic heterocycles. The smallest absolute Gasteiger partial charge is 0.326 e. The van der Waals surface area contributed by atoms with E-state index in [0.29, 0.717) is 5.56 Å². The first-order valence-electron chi connectivity index (χ1n) is 9.43. The van der Waals surface area contributed by atoms with E-state index >= 15 is 0 Å². The lowest BCUT2D eigenvalue weighted by molar-refractivity contribution is -0.141. The van der Waals surface area contributed by atoms with Gasteiger partial charge in [0.1, 0.15) is 12.1 Å². The van der Waals surface area contributed by atoms with E-state index in [9.17, 15) is 29.1 Å². The Kier molecular flexibility index (Phi) is 11.1. The number of hydrogen-bond donors (Lipinski definition) is 7. The molecule has 3 unspecified atom stereocenters. The molecule has 0 radical (unpaired) electrons. The minimum absolute atomic E-state index is 0.0381. The number of carbonyl (C=O) groups is 5. The van der Waals surface area contributed by atoms with E-state index in [2.05, 4.69) is 28.6 Å². The molecule has 0 aliphatic rings. The minimum atomic E-state index is -1.23. The van der Waals surface area contributed by atoms with Crippen molar-refractivity contribution in [3.63, 3.8) is 0 Å². The van der Waals surface area contributed by atoms with Crippen LogP contribution in [-0.2, 0) is 30.4 Å². The zero-order valence-electron chi connectivity index (χ0n) is 16.7. The molecule has 1 rings (SSSR count). The Hall–Kier alpha value is -3.12. The first-order chi connectivity index (χ1) is 14.6. The van der Waals surface area contributed by atoms with Gasteiger partial charge in [-0.3, -0.25) is 19.2 Å². The molecule has 11 nitrogen and oxygen atoms in total. The van der Waals surface area contributed by atoms with Crippen molar-refractivity contribution in [2.24, 2.45) is 11.5 Å². The monoisotopic (exact) mass is 453 g/mol. The summed E-state index contributed by atoms with van der Waals surface area (Å²) in [7, 11) is 0. The van der Waals surface area contributed by atoms with E-state index in [1.165, 1.54) is 0 Å². The zero-order valence-corrected chi connectivity index (χ0v) is 17.6. The van der Waals surface area contributed by atoms with Gasteiger partial charge in [0.2, 0.25) is 23.6 Å². The van der Waals surface area contributed by atoms with Gasteiger partial charge in [0, 0.05) is 18.6 Å². The van der Waals surface area contributed by atoms with E-state index in [1.807, 2.05) is 0 Å². The largest absolute Gasteiger partial charge is 0.480 e. The van der Waals surface area contributed by atoms with Crippen LogP contribution in [0.25, 0.3) is 0 Å². The number of carbonyl (C=O) groups excluding carboxylic acids is 4. The van der Waals surface area contributed by atoms with Crippen LogP contribution in [0.15, 0.2) is 30.3 Å². The molecule has 0 bridgehead atoms. The Labute approximate surface area is 184 Å². The van der Waals surface area contributed by atoms with Gasteiger partial charge in [0.05, 0.1) is 12.6 Å². The highest BCUT2D eigenvalue weighted by molar-refractivity contribution is 7.80. The number of primary amides is 1. The van der Waals surface area contributed by atoms with Crippen LogP contribution in [-0.4, -0.2) is 65.1 Å². The molecule has 3 atom stereocenters. The van der Waals surface area contributed by atoms with E-state index < -0.39 is 54.3 Å². The van der Waals surface area contributed by atoms with Crippen LogP contribution >= 0.6 is 12.6 Å². The molecule has 0 saturated carbocycles. The summed E-state index contributed by atoms with van der Waals surface area (Å²) in [5, 5.41) is 16.4. The second-order valence-corrected chi connectivity index (χ2v) is 7.09. The molecule has 12 heteroatoms. The number of nitrogens with two attached hydrogens (primary N) is 2. The Morgan fingerprint density at radius 1 is 1.00 bits per heavy atom. The second kappa shape index (κ2) is 13.2. The minimum Gasteiger partial charge on any atom is -0.480 e. The van der Waals surface area contributed by atoms with Crippen molar-refractivity contribution in [2.45, 2.75) is 37.4 Å². The topological polar surface area (TPSA) is 194 Å². The zero-order chi connectivity index (χ0) is 23.4. The Morgan fingerprint density at radius 2 is 1.65 bits per heavy atom. The summed E-state index contributed by atoms with van der Waals surface area (Å²) in [6, 6.07) is 5.42. The lowest BCUT2D eigenvalue weighted by Crippen LogP contribution is -2.54. The molecule has 1 aromatic carbocycles. The first-order valence-corrected chi connectivity index (χ1v) is 10.1. The standard InChI is InChI=1S/C19H27N5O6S/c20-12(10-31)17(27)24-13(6-7-15(21)25)18(28)22-9-16(26)23-14(19(29)30)8-11-4-2-1-3-5-11/h1-5,12-14,31H,6-10,20H2,(H2,21,25)(H,22,28)(H,23,26)(H,24,27)(H,29,30). The third kappa shape index (κ3) is 9.96. The van der Waals surface area contributed by atoms with Gasteiger partial charge >= 0.3 is 5.97 Å². The highest BCUT2D eigenvalue weighted by Crippen LogP contribution is 2.04. The Morgan fingerprint density at radius 3 is 2.19 bits per heavy atom. The van der Waals surface area contributed by atoms with Crippen molar-refractivity contribution in [3.05, 3.63) is 35.9 Å². The molecule has 0 heterocycles. The molecule has 0 aromatic heterocycles. The van der Waals surface area contributed by atoms with Gasteiger partial charge < -0.3 is 32.5 Å². The molecule has 170 valence electrons. The van der Waals surface area contributed by atoms with E-state index in [1.54, 1.807) is 30.3 Å². The van der Waals surface area contributed by atoms with E-state index in [0.717, 1.165) is 0 Å². The van der Waals surface area contributed by atoms with Crippen molar-refractivity contribution < 1.29 is 29.1 Å². The van der Waals surface area contributed by atoms with E-state index in [4.69, 9.17) is 11.5 Å². The van der Waals surface area contributed by atoms with Crippen LogP contribution in [0.3, 0.4) is 0 Å². The summed E-state index contributed by atoms with van der Waals surface area (Å²) in [5.74, 6) is -3.99. The number of benzene rings is 1. The number of aliphatic carboxylic acids is 1. The second-order valence-electron chi connectivity index (χ2n) is 6.72. The quantitative estimate of drug-likeness (QED) is 0.166.